The summed E-state index contributed by atoms with van der Waals surface area (Å²) < 4.78 is 10.8. The van der Waals surface area contributed by atoms with Crippen molar-refractivity contribution in [3.8, 4) is 11.5 Å². The summed E-state index contributed by atoms with van der Waals surface area (Å²) >= 11 is 0. The Labute approximate surface area is 153 Å². The molecule has 0 spiro atoms. The molecule has 138 valence electrons. The van der Waals surface area contributed by atoms with Crippen LogP contribution < -0.4 is 20.1 Å². The summed E-state index contributed by atoms with van der Waals surface area (Å²) in [6, 6.07) is 12.2. The van der Waals surface area contributed by atoms with Crippen molar-refractivity contribution in [2.24, 2.45) is 0 Å². The molecule has 6 nitrogen and oxygen atoms in total. The lowest BCUT2D eigenvalue weighted by Gasteiger charge is -2.16. The van der Waals surface area contributed by atoms with E-state index in [2.05, 4.69) is 10.6 Å². The zero-order valence-electron chi connectivity index (χ0n) is 15.5. The van der Waals surface area contributed by atoms with E-state index >= 15 is 0 Å². The number of hydrogen-bond acceptors (Lipinski definition) is 4. The van der Waals surface area contributed by atoms with Gasteiger partial charge in [0.05, 0.1) is 19.8 Å². The lowest BCUT2D eigenvalue weighted by atomic mass is 10.1. The van der Waals surface area contributed by atoms with Crippen LogP contribution >= 0.6 is 0 Å². The molecule has 2 rings (SSSR count). The van der Waals surface area contributed by atoms with Crippen LogP contribution in [0.4, 0.5) is 5.69 Å². The Morgan fingerprint density at radius 1 is 1.12 bits per heavy atom. The van der Waals surface area contributed by atoms with E-state index in [1.807, 2.05) is 32.0 Å². The van der Waals surface area contributed by atoms with Gasteiger partial charge < -0.3 is 20.1 Å². The molecule has 0 bridgehead atoms. The van der Waals surface area contributed by atoms with Gasteiger partial charge in [0.25, 0.3) is 5.91 Å². The smallest absolute Gasteiger partial charge is 0.251 e. The van der Waals surface area contributed by atoms with E-state index in [-0.39, 0.29) is 17.9 Å². The fourth-order valence-corrected chi connectivity index (χ4v) is 2.54. The van der Waals surface area contributed by atoms with Crippen molar-refractivity contribution in [3.05, 3.63) is 53.6 Å². The molecule has 0 radical (unpaired) electrons. The summed E-state index contributed by atoms with van der Waals surface area (Å²) in [5.41, 5.74) is 2.07. The van der Waals surface area contributed by atoms with Crippen LogP contribution in [0, 0.1) is 0 Å². The molecular weight excluding hydrogens is 332 g/mol. The number of hydrogen-bond donors (Lipinski definition) is 2. The number of methoxy groups -OCH3 is 1. The molecule has 0 fully saturated rings. The van der Waals surface area contributed by atoms with Gasteiger partial charge in [-0.3, -0.25) is 9.59 Å². The number of amides is 2. The average molecular weight is 356 g/mol. The van der Waals surface area contributed by atoms with E-state index in [9.17, 15) is 9.59 Å². The molecule has 6 heteroatoms. The maximum absolute atomic E-state index is 12.6. The van der Waals surface area contributed by atoms with Crippen molar-refractivity contribution < 1.29 is 19.1 Å². The van der Waals surface area contributed by atoms with Gasteiger partial charge >= 0.3 is 0 Å². The third-order valence-electron chi connectivity index (χ3n) is 3.78. The van der Waals surface area contributed by atoms with Crippen LogP contribution in [0.15, 0.2) is 42.5 Å². The van der Waals surface area contributed by atoms with Gasteiger partial charge in [-0.15, -0.1) is 0 Å². The van der Waals surface area contributed by atoms with Gasteiger partial charge in [0.15, 0.2) is 11.5 Å². The summed E-state index contributed by atoms with van der Waals surface area (Å²) in [6.07, 6.45) is 0. The van der Waals surface area contributed by atoms with Crippen LogP contribution in [-0.2, 0) is 4.79 Å². The molecule has 0 aliphatic rings. The highest BCUT2D eigenvalue weighted by Gasteiger charge is 2.15. The topological polar surface area (TPSA) is 76.7 Å². The number of rotatable bonds is 7. The van der Waals surface area contributed by atoms with E-state index < -0.39 is 0 Å². The number of ether oxygens (including phenoxy) is 2. The van der Waals surface area contributed by atoms with Crippen molar-refractivity contribution >= 4 is 17.5 Å². The molecule has 2 N–H and O–H groups in total. The highest BCUT2D eigenvalue weighted by molar-refractivity contribution is 5.95. The number of carbonyl (C=O) groups is 2. The number of carbonyl (C=O) groups excluding carboxylic acids is 2. The number of nitrogens with one attached hydrogen (secondary N) is 2. The second kappa shape index (κ2) is 8.89. The van der Waals surface area contributed by atoms with Crippen LogP contribution in [0.5, 0.6) is 11.5 Å². The van der Waals surface area contributed by atoms with Gasteiger partial charge in [-0.25, -0.2) is 0 Å². The highest BCUT2D eigenvalue weighted by atomic mass is 16.5. The van der Waals surface area contributed by atoms with E-state index in [1.165, 1.54) is 6.92 Å². The summed E-state index contributed by atoms with van der Waals surface area (Å²) in [5, 5.41) is 5.69. The minimum absolute atomic E-state index is 0.138. The first-order chi connectivity index (χ1) is 12.4. The van der Waals surface area contributed by atoms with Crippen LogP contribution in [0.2, 0.25) is 0 Å². The Morgan fingerprint density at radius 3 is 2.54 bits per heavy atom. The molecule has 2 amide bonds. The molecule has 2 aromatic carbocycles. The van der Waals surface area contributed by atoms with E-state index in [1.54, 1.807) is 31.4 Å². The molecule has 0 saturated carbocycles. The summed E-state index contributed by atoms with van der Waals surface area (Å²) in [5.74, 6) is 0.758. The minimum Gasteiger partial charge on any atom is -0.493 e. The number of anilines is 1. The summed E-state index contributed by atoms with van der Waals surface area (Å²) in [6.45, 7) is 5.69. The molecule has 0 heterocycles. The quantitative estimate of drug-likeness (QED) is 0.795. The molecular formula is C20H24N2O4. The molecule has 0 aliphatic carbocycles. The molecule has 26 heavy (non-hydrogen) atoms. The predicted octanol–water partition coefficient (Wildman–Crippen LogP) is 3.54. The van der Waals surface area contributed by atoms with Gasteiger partial charge in [0.2, 0.25) is 5.91 Å². The van der Waals surface area contributed by atoms with Crippen molar-refractivity contribution in [1.82, 2.24) is 5.32 Å². The fraction of sp³-hybridized carbons (Fsp3) is 0.300. The molecule has 0 saturated heterocycles. The minimum atomic E-state index is -0.228. The van der Waals surface area contributed by atoms with Crippen LogP contribution in [-0.4, -0.2) is 25.5 Å². The van der Waals surface area contributed by atoms with Crippen molar-refractivity contribution in [2.75, 3.05) is 19.0 Å². The van der Waals surface area contributed by atoms with E-state index in [0.717, 1.165) is 5.56 Å². The Hall–Kier alpha value is -3.02. The van der Waals surface area contributed by atoms with Gasteiger partial charge in [-0.1, -0.05) is 12.1 Å². The first kappa shape index (κ1) is 19.3. The van der Waals surface area contributed by atoms with Gasteiger partial charge in [-0.05, 0) is 49.7 Å². The summed E-state index contributed by atoms with van der Waals surface area (Å²) in [4.78, 5) is 23.8. The molecule has 0 aromatic heterocycles. The third-order valence-corrected chi connectivity index (χ3v) is 3.78. The Bertz CT molecular complexity index is 789. The van der Waals surface area contributed by atoms with Crippen molar-refractivity contribution in [3.63, 3.8) is 0 Å². The molecule has 0 aliphatic heterocycles. The average Bonchev–Trinajstić information content (AvgIpc) is 2.61. The monoisotopic (exact) mass is 356 g/mol. The summed E-state index contributed by atoms with van der Waals surface area (Å²) in [7, 11) is 1.56. The predicted molar refractivity (Wildman–Crippen MR) is 101 cm³/mol. The lowest BCUT2D eigenvalue weighted by Crippen LogP contribution is -2.26. The highest BCUT2D eigenvalue weighted by Crippen LogP contribution is 2.28. The van der Waals surface area contributed by atoms with Gasteiger partial charge in [0, 0.05) is 18.2 Å². The molecule has 1 unspecified atom stereocenters. The van der Waals surface area contributed by atoms with Crippen molar-refractivity contribution in [1.29, 1.82) is 0 Å². The van der Waals surface area contributed by atoms with E-state index in [0.29, 0.717) is 29.4 Å². The lowest BCUT2D eigenvalue weighted by molar-refractivity contribution is -0.114. The first-order valence-electron chi connectivity index (χ1n) is 8.43. The second-order valence-electron chi connectivity index (χ2n) is 5.80. The van der Waals surface area contributed by atoms with Crippen LogP contribution in [0.3, 0.4) is 0 Å². The van der Waals surface area contributed by atoms with Gasteiger partial charge in [0.1, 0.15) is 0 Å². The zero-order chi connectivity index (χ0) is 19.1. The maximum Gasteiger partial charge on any atom is 0.251 e. The Morgan fingerprint density at radius 2 is 1.88 bits per heavy atom. The fourth-order valence-electron chi connectivity index (χ4n) is 2.54. The van der Waals surface area contributed by atoms with E-state index in [4.69, 9.17) is 9.47 Å². The molecule has 1 atom stereocenters. The second-order valence-corrected chi connectivity index (χ2v) is 5.80. The normalized spacial score (nSPS) is 11.4. The standard InChI is InChI=1S/C20H24N2O4/c1-5-26-19-12-16(9-10-18(19)25-4)20(24)21-13(2)15-7-6-8-17(11-15)22-14(3)23/h6-13H,5H2,1-4H3,(H,21,24)(H,22,23). The first-order valence-corrected chi connectivity index (χ1v) is 8.43. The maximum atomic E-state index is 12.6. The van der Waals surface area contributed by atoms with Crippen molar-refractivity contribution in [2.45, 2.75) is 26.8 Å². The van der Waals surface area contributed by atoms with Crippen LogP contribution in [0.1, 0.15) is 42.7 Å². The third kappa shape index (κ3) is 4.99. The Balaban J connectivity index is 2.14. The van der Waals surface area contributed by atoms with Crippen LogP contribution in [0.25, 0.3) is 0 Å². The number of benzene rings is 2. The molecule has 2 aromatic rings. The SMILES string of the molecule is CCOc1cc(C(=O)NC(C)c2cccc(NC(C)=O)c2)ccc1OC. The zero-order valence-corrected chi connectivity index (χ0v) is 15.5. The van der Waals surface area contributed by atoms with Gasteiger partial charge in [-0.2, -0.15) is 0 Å². The largest absolute Gasteiger partial charge is 0.493 e. The Kier molecular flexibility index (Phi) is 6.60.